The number of rotatable bonds is 4. The topological polar surface area (TPSA) is 63.4 Å². The third-order valence-electron chi connectivity index (χ3n) is 2.97. The van der Waals surface area contributed by atoms with Gasteiger partial charge in [0.25, 0.3) is 0 Å². The van der Waals surface area contributed by atoms with Gasteiger partial charge in [-0.3, -0.25) is 14.5 Å². The normalized spacial score (nSPS) is 20.1. The average Bonchev–Trinajstić information content (AvgIpc) is 2.57. The van der Waals surface area contributed by atoms with Gasteiger partial charge in [-0.1, -0.05) is 30.3 Å². The maximum Gasteiger partial charge on any atom is 0.246 e. The first-order chi connectivity index (χ1) is 8.18. The van der Waals surface area contributed by atoms with Gasteiger partial charge in [0.1, 0.15) is 0 Å². The van der Waals surface area contributed by atoms with Crippen LogP contribution in [-0.2, 0) is 16.0 Å². The number of carbonyl (C=O) groups is 2. The van der Waals surface area contributed by atoms with E-state index < -0.39 is 6.04 Å². The van der Waals surface area contributed by atoms with Crippen LogP contribution in [0.25, 0.3) is 0 Å². The van der Waals surface area contributed by atoms with E-state index in [-0.39, 0.29) is 18.2 Å². The number of carbonyl (C=O) groups excluding carboxylic acids is 2. The molecule has 1 unspecified atom stereocenters. The van der Waals surface area contributed by atoms with Crippen LogP contribution < -0.4 is 5.73 Å². The first-order valence-electron chi connectivity index (χ1n) is 5.82. The van der Waals surface area contributed by atoms with Gasteiger partial charge in [0.15, 0.2) is 0 Å². The smallest absolute Gasteiger partial charge is 0.246 e. The highest BCUT2D eigenvalue weighted by atomic mass is 16.2. The molecule has 1 fully saturated rings. The fourth-order valence-electron chi connectivity index (χ4n) is 2.03. The molecular formula is C13H16N2O2. The van der Waals surface area contributed by atoms with Gasteiger partial charge in [-0.15, -0.1) is 0 Å². The van der Waals surface area contributed by atoms with Crippen LogP contribution in [0.3, 0.4) is 0 Å². The summed E-state index contributed by atoms with van der Waals surface area (Å²) in [6.45, 7) is 0.472. The lowest BCUT2D eigenvalue weighted by Crippen LogP contribution is -2.36. The van der Waals surface area contributed by atoms with Gasteiger partial charge >= 0.3 is 0 Å². The maximum absolute atomic E-state index is 11.5. The summed E-state index contributed by atoms with van der Waals surface area (Å²) in [6, 6.07) is 9.39. The Hall–Kier alpha value is -1.68. The number of likely N-dealkylation sites (tertiary alicyclic amines) is 1. The Labute approximate surface area is 100 Å². The Morgan fingerprint density at radius 3 is 2.53 bits per heavy atom. The molecule has 17 heavy (non-hydrogen) atoms. The van der Waals surface area contributed by atoms with Gasteiger partial charge in [-0.25, -0.2) is 0 Å². The van der Waals surface area contributed by atoms with Crippen molar-refractivity contribution in [2.45, 2.75) is 25.3 Å². The summed E-state index contributed by atoms with van der Waals surface area (Å²) >= 11 is 0. The molecule has 1 atom stereocenters. The van der Waals surface area contributed by atoms with Crippen molar-refractivity contribution in [2.24, 2.45) is 5.73 Å². The molecule has 2 amide bonds. The summed E-state index contributed by atoms with van der Waals surface area (Å²) in [5.74, 6) is -0.376. The molecule has 1 aliphatic heterocycles. The average molecular weight is 232 g/mol. The molecule has 1 aromatic carbocycles. The van der Waals surface area contributed by atoms with Crippen molar-refractivity contribution in [2.75, 3.05) is 6.54 Å². The fraction of sp³-hybridized carbons (Fsp3) is 0.385. The molecule has 4 heteroatoms. The van der Waals surface area contributed by atoms with Crippen molar-refractivity contribution in [3.8, 4) is 0 Å². The minimum atomic E-state index is -0.626. The molecule has 90 valence electrons. The molecule has 0 aliphatic carbocycles. The van der Waals surface area contributed by atoms with Crippen LogP contribution in [0.15, 0.2) is 30.3 Å². The van der Waals surface area contributed by atoms with Crippen LogP contribution in [-0.4, -0.2) is 29.3 Å². The van der Waals surface area contributed by atoms with E-state index in [1.807, 2.05) is 30.3 Å². The lowest BCUT2D eigenvalue weighted by molar-refractivity contribution is -0.138. The first kappa shape index (κ1) is 11.8. The molecular weight excluding hydrogens is 216 g/mol. The van der Waals surface area contributed by atoms with E-state index in [2.05, 4.69) is 0 Å². The van der Waals surface area contributed by atoms with E-state index in [1.165, 1.54) is 10.5 Å². The van der Waals surface area contributed by atoms with Crippen molar-refractivity contribution in [1.82, 2.24) is 4.90 Å². The Morgan fingerprint density at radius 2 is 1.94 bits per heavy atom. The van der Waals surface area contributed by atoms with E-state index in [4.69, 9.17) is 5.73 Å². The lowest BCUT2D eigenvalue weighted by Gasteiger charge is -2.13. The molecule has 0 saturated carbocycles. The maximum atomic E-state index is 11.5. The van der Waals surface area contributed by atoms with Crippen molar-refractivity contribution >= 4 is 11.8 Å². The van der Waals surface area contributed by atoms with Gasteiger partial charge < -0.3 is 5.73 Å². The molecule has 0 radical (unpaired) electrons. The summed E-state index contributed by atoms with van der Waals surface area (Å²) < 4.78 is 0. The summed E-state index contributed by atoms with van der Waals surface area (Å²) in [5.41, 5.74) is 6.75. The Morgan fingerprint density at radius 1 is 1.24 bits per heavy atom. The molecule has 0 spiro atoms. The molecule has 0 bridgehead atoms. The third-order valence-corrected chi connectivity index (χ3v) is 2.97. The predicted molar refractivity (Wildman–Crippen MR) is 64.1 cm³/mol. The third kappa shape index (κ3) is 2.71. The zero-order valence-electron chi connectivity index (χ0n) is 9.63. The van der Waals surface area contributed by atoms with E-state index in [0.29, 0.717) is 6.54 Å². The Balaban J connectivity index is 1.83. The van der Waals surface area contributed by atoms with Crippen molar-refractivity contribution in [3.05, 3.63) is 35.9 Å². The van der Waals surface area contributed by atoms with E-state index >= 15 is 0 Å². The number of amides is 2. The molecule has 2 N–H and O–H groups in total. The summed E-state index contributed by atoms with van der Waals surface area (Å²) in [4.78, 5) is 24.3. The zero-order valence-corrected chi connectivity index (χ0v) is 9.63. The van der Waals surface area contributed by atoms with Crippen LogP contribution in [0.2, 0.25) is 0 Å². The number of nitrogens with zero attached hydrogens (tertiary/aromatic N) is 1. The largest absolute Gasteiger partial charge is 0.319 e. The second-order valence-electron chi connectivity index (χ2n) is 4.28. The highest BCUT2D eigenvalue weighted by Crippen LogP contribution is 2.12. The molecule has 1 aliphatic rings. The van der Waals surface area contributed by atoms with Gasteiger partial charge in [0.05, 0.1) is 12.5 Å². The van der Waals surface area contributed by atoms with E-state index in [0.717, 1.165) is 12.8 Å². The van der Waals surface area contributed by atoms with Gasteiger partial charge in [-0.05, 0) is 18.4 Å². The van der Waals surface area contributed by atoms with Crippen LogP contribution in [0.5, 0.6) is 0 Å². The quantitative estimate of drug-likeness (QED) is 0.777. The number of nitrogens with two attached hydrogens (primary N) is 1. The molecule has 0 aromatic heterocycles. The first-order valence-corrected chi connectivity index (χ1v) is 5.82. The number of imide groups is 1. The molecule has 4 nitrogen and oxygen atoms in total. The summed E-state index contributed by atoms with van der Waals surface area (Å²) in [5, 5.41) is 0. The van der Waals surface area contributed by atoms with Crippen LogP contribution >= 0.6 is 0 Å². The minimum absolute atomic E-state index is 0.143. The van der Waals surface area contributed by atoms with E-state index in [1.54, 1.807) is 0 Å². The van der Waals surface area contributed by atoms with Crippen molar-refractivity contribution in [3.63, 3.8) is 0 Å². The second kappa shape index (κ2) is 5.10. The summed E-state index contributed by atoms with van der Waals surface area (Å²) in [7, 11) is 0. The minimum Gasteiger partial charge on any atom is -0.319 e. The number of benzene rings is 1. The van der Waals surface area contributed by atoms with Gasteiger partial charge in [0, 0.05) is 6.54 Å². The van der Waals surface area contributed by atoms with Gasteiger partial charge in [-0.2, -0.15) is 0 Å². The van der Waals surface area contributed by atoms with E-state index in [9.17, 15) is 9.59 Å². The number of hydrogen-bond acceptors (Lipinski definition) is 3. The zero-order chi connectivity index (χ0) is 12.3. The number of aryl methyl sites for hydroxylation is 1. The Kier molecular flexibility index (Phi) is 3.54. The SMILES string of the molecule is NC1CC(=O)N(CCCc2ccccc2)C1=O. The Bertz CT molecular complexity index is 417. The van der Waals surface area contributed by atoms with Crippen LogP contribution in [0.1, 0.15) is 18.4 Å². The second-order valence-corrected chi connectivity index (χ2v) is 4.28. The highest BCUT2D eigenvalue weighted by molar-refractivity contribution is 6.05. The van der Waals surface area contributed by atoms with Crippen LogP contribution in [0.4, 0.5) is 0 Å². The number of hydrogen-bond donors (Lipinski definition) is 1. The standard InChI is InChI=1S/C13H16N2O2/c14-11-9-12(16)15(13(11)17)8-4-7-10-5-2-1-3-6-10/h1-3,5-6,11H,4,7-9,14H2. The lowest BCUT2D eigenvalue weighted by atomic mass is 10.1. The van der Waals surface area contributed by atoms with Crippen molar-refractivity contribution < 1.29 is 9.59 Å². The van der Waals surface area contributed by atoms with Crippen molar-refractivity contribution in [1.29, 1.82) is 0 Å². The molecule has 1 aromatic rings. The monoisotopic (exact) mass is 232 g/mol. The highest BCUT2D eigenvalue weighted by Gasteiger charge is 2.35. The van der Waals surface area contributed by atoms with Gasteiger partial charge in [0.2, 0.25) is 11.8 Å². The molecule has 1 saturated heterocycles. The van der Waals surface area contributed by atoms with Crippen LogP contribution in [0, 0.1) is 0 Å². The predicted octanol–water partition coefficient (Wildman–Crippen LogP) is 0.705. The molecule has 1 heterocycles. The summed E-state index contributed by atoms with van der Waals surface area (Å²) in [6.07, 6.45) is 1.81. The molecule has 2 rings (SSSR count). The fourth-order valence-corrected chi connectivity index (χ4v) is 2.03.